The minimum absolute atomic E-state index is 0.718. The molecule has 0 spiro atoms. The van der Waals surface area contributed by atoms with E-state index >= 15 is 0 Å². The van der Waals surface area contributed by atoms with E-state index in [1.165, 1.54) is 0 Å². The minimum Gasteiger partial charge on any atom is -0.383 e. The predicted molar refractivity (Wildman–Crippen MR) is 68.1 cm³/mol. The number of aryl methyl sites for hydroxylation is 1. The Morgan fingerprint density at radius 2 is 2.28 bits per heavy atom. The van der Waals surface area contributed by atoms with Gasteiger partial charge in [-0.05, 0) is 6.07 Å². The van der Waals surface area contributed by atoms with Crippen LogP contribution in [0.5, 0.6) is 0 Å². The molecule has 2 aromatic heterocycles. The van der Waals surface area contributed by atoms with Gasteiger partial charge < -0.3 is 14.6 Å². The van der Waals surface area contributed by atoms with E-state index < -0.39 is 0 Å². The van der Waals surface area contributed by atoms with Gasteiger partial charge in [-0.15, -0.1) is 0 Å². The predicted octanol–water partition coefficient (Wildman–Crippen LogP) is 0.401. The quantitative estimate of drug-likeness (QED) is 0.722. The van der Waals surface area contributed by atoms with Gasteiger partial charge in [0.1, 0.15) is 0 Å². The van der Waals surface area contributed by atoms with Gasteiger partial charge in [-0.1, -0.05) is 0 Å². The van der Waals surface area contributed by atoms with E-state index in [9.17, 15) is 0 Å². The Morgan fingerprint density at radius 3 is 3.00 bits per heavy atom. The highest BCUT2D eigenvalue weighted by Crippen LogP contribution is 2.05. The molecule has 0 aliphatic carbocycles. The Morgan fingerprint density at radius 1 is 1.39 bits per heavy atom. The zero-order valence-corrected chi connectivity index (χ0v) is 10.8. The summed E-state index contributed by atoms with van der Waals surface area (Å²) in [5.41, 5.74) is 2.32. The fraction of sp³-hybridized carbons (Fsp3) is 0.500. The Balaban J connectivity index is 1.93. The Bertz CT molecular complexity index is 476. The van der Waals surface area contributed by atoms with Gasteiger partial charge in [-0.3, -0.25) is 4.68 Å². The number of nitrogens with one attached hydrogen (secondary N) is 1. The van der Waals surface area contributed by atoms with Crippen molar-refractivity contribution in [3.63, 3.8) is 0 Å². The molecule has 0 unspecified atom stereocenters. The molecular weight excluding hydrogens is 230 g/mol. The lowest BCUT2D eigenvalue weighted by Crippen LogP contribution is -2.20. The number of ether oxygens (including phenoxy) is 1. The maximum atomic E-state index is 5.00. The molecule has 0 saturated carbocycles. The molecular formula is C12H19N5O. The zero-order valence-electron chi connectivity index (χ0n) is 10.8. The lowest BCUT2D eigenvalue weighted by Gasteiger charge is -2.09. The zero-order chi connectivity index (χ0) is 12.8. The average molecular weight is 249 g/mol. The van der Waals surface area contributed by atoms with Crippen LogP contribution in [0.15, 0.2) is 24.8 Å². The van der Waals surface area contributed by atoms with E-state index in [2.05, 4.69) is 20.0 Å². The summed E-state index contributed by atoms with van der Waals surface area (Å²) >= 11 is 0. The minimum atomic E-state index is 0.718. The summed E-state index contributed by atoms with van der Waals surface area (Å²) < 4.78 is 8.99. The molecule has 2 heterocycles. The van der Waals surface area contributed by atoms with E-state index in [4.69, 9.17) is 4.74 Å². The normalized spacial score (nSPS) is 11.0. The molecule has 2 aromatic rings. The van der Waals surface area contributed by atoms with Crippen LogP contribution in [0.1, 0.15) is 11.4 Å². The molecule has 98 valence electrons. The summed E-state index contributed by atoms with van der Waals surface area (Å²) in [7, 11) is 3.65. The number of imidazole rings is 1. The highest BCUT2D eigenvalue weighted by atomic mass is 16.5. The fourth-order valence-electron chi connectivity index (χ4n) is 1.76. The smallest absolute Gasteiger partial charge is 0.0952 e. The number of hydrogen-bond acceptors (Lipinski definition) is 4. The molecule has 0 atom stereocenters. The topological polar surface area (TPSA) is 56.9 Å². The molecule has 0 fully saturated rings. The first kappa shape index (κ1) is 12.8. The summed E-state index contributed by atoms with van der Waals surface area (Å²) in [6.07, 6.45) is 5.54. The van der Waals surface area contributed by atoms with Crippen molar-refractivity contribution in [1.29, 1.82) is 0 Å². The van der Waals surface area contributed by atoms with Crippen LogP contribution in [0.2, 0.25) is 0 Å². The van der Waals surface area contributed by atoms with Crippen molar-refractivity contribution in [2.24, 2.45) is 7.05 Å². The van der Waals surface area contributed by atoms with Crippen LogP contribution in [0.25, 0.3) is 0 Å². The fourth-order valence-corrected chi connectivity index (χ4v) is 1.76. The van der Waals surface area contributed by atoms with Gasteiger partial charge in [0.15, 0.2) is 0 Å². The highest BCUT2D eigenvalue weighted by molar-refractivity contribution is 5.05. The van der Waals surface area contributed by atoms with Crippen LogP contribution in [-0.2, 0) is 24.9 Å². The number of methoxy groups -OCH3 is 1. The summed E-state index contributed by atoms with van der Waals surface area (Å²) in [6.45, 7) is 3.14. The van der Waals surface area contributed by atoms with E-state index in [0.717, 1.165) is 37.6 Å². The maximum absolute atomic E-state index is 5.00. The molecule has 0 saturated heterocycles. The molecule has 0 bridgehead atoms. The number of nitrogens with zero attached hydrogens (tertiary/aromatic N) is 4. The molecule has 0 aliphatic rings. The SMILES string of the molecule is COCCNCc1cncn1Cc1ccnn1C. The number of rotatable bonds is 7. The van der Waals surface area contributed by atoms with Crippen molar-refractivity contribution in [3.05, 3.63) is 36.2 Å². The van der Waals surface area contributed by atoms with Gasteiger partial charge in [-0.25, -0.2) is 4.98 Å². The molecule has 6 nitrogen and oxygen atoms in total. The molecule has 2 rings (SSSR count). The van der Waals surface area contributed by atoms with Crippen LogP contribution < -0.4 is 5.32 Å². The third-order valence-corrected chi connectivity index (χ3v) is 2.84. The van der Waals surface area contributed by atoms with Gasteiger partial charge in [0, 0.05) is 39.6 Å². The maximum Gasteiger partial charge on any atom is 0.0952 e. The number of aromatic nitrogens is 4. The summed E-state index contributed by atoms with van der Waals surface area (Å²) in [5.74, 6) is 0. The Kier molecular flexibility index (Phi) is 4.49. The first-order valence-electron chi connectivity index (χ1n) is 5.97. The van der Waals surface area contributed by atoms with Crippen molar-refractivity contribution in [2.75, 3.05) is 20.3 Å². The first-order valence-corrected chi connectivity index (χ1v) is 5.97. The second-order valence-corrected chi connectivity index (χ2v) is 4.13. The van der Waals surface area contributed by atoms with Crippen LogP contribution in [-0.4, -0.2) is 39.6 Å². The van der Waals surface area contributed by atoms with E-state index in [-0.39, 0.29) is 0 Å². The lowest BCUT2D eigenvalue weighted by molar-refractivity contribution is 0.199. The summed E-state index contributed by atoms with van der Waals surface area (Å²) in [5, 5.41) is 7.48. The van der Waals surface area contributed by atoms with Crippen molar-refractivity contribution < 1.29 is 4.74 Å². The van der Waals surface area contributed by atoms with Crippen molar-refractivity contribution in [3.8, 4) is 0 Å². The van der Waals surface area contributed by atoms with E-state index in [1.807, 2.05) is 36.5 Å². The third-order valence-electron chi connectivity index (χ3n) is 2.84. The molecule has 0 aromatic carbocycles. The third kappa shape index (κ3) is 3.18. The van der Waals surface area contributed by atoms with Gasteiger partial charge >= 0.3 is 0 Å². The molecule has 18 heavy (non-hydrogen) atoms. The Hall–Kier alpha value is -1.66. The van der Waals surface area contributed by atoms with E-state index in [0.29, 0.717) is 0 Å². The van der Waals surface area contributed by atoms with Crippen molar-refractivity contribution >= 4 is 0 Å². The second kappa shape index (κ2) is 6.32. The highest BCUT2D eigenvalue weighted by Gasteiger charge is 2.04. The number of hydrogen-bond donors (Lipinski definition) is 1. The molecule has 1 N–H and O–H groups in total. The molecule has 6 heteroatoms. The molecule has 0 aliphatic heterocycles. The largest absolute Gasteiger partial charge is 0.383 e. The van der Waals surface area contributed by atoms with Crippen LogP contribution in [0, 0.1) is 0 Å². The first-order chi connectivity index (χ1) is 8.81. The van der Waals surface area contributed by atoms with Gasteiger partial charge in [0.2, 0.25) is 0 Å². The van der Waals surface area contributed by atoms with Crippen molar-refractivity contribution in [1.82, 2.24) is 24.6 Å². The van der Waals surface area contributed by atoms with Crippen LogP contribution in [0.3, 0.4) is 0 Å². The van der Waals surface area contributed by atoms with Gasteiger partial charge in [0.25, 0.3) is 0 Å². The molecule has 0 amide bonds. The summed E-state index contributed by atoms with van der Waals surface area (Å²) in [4.78, 5) is 4.19. The van der Waals surface area contributed by atoms with Crippen LogP contribution >= 0.6 is 0 Å². The lowest BCUT2D eigenvalue weighted by atomic mass is 10.4. The summed E-state index contributed by atoms with van der Waals surface area (Å²) in [6, 6.07) is 2.02. The average Bonchev–Trinajstić information content (AvgIpc) is 2.96. The van der Waals surface area contributed by atoms with Crippen molar-refractivity contribution in [2.45, 2.75) is 13.1 Å². The standard InChI is InChI=1S/C12H19N5O/c1-16-11(3-4-15-16)9-17-10-14-8-12(17)7-13-5-6-18-2/h3-4,8,10,13H,5-7,9H2,1-2H3. The molecule has 0 radical (unpaired) electrons. The second-order valence-electron chi connectivity index (χ2n) is 4.13. The Labute approximate surface area is 107 Å². The monoisotopic (exact) mass is 249 g/mol. The van der Waals surface area contributed by atoms with Crippen LogP contribution in [0.4, 0.5) is 0 Å². The van der Waals surface area contributed by atoms with E-state index in [1.54, 1.807) is 7.11 Å². The van der Waals surface area contributed by atoms with Gasteiger partial charge in [-0.2, -0.15) is 5.10 Å². The van der Waals surface area contributed by atoms with Gasteiger partial charge in [0.05, 0.1) is 30.9 Å².